The molecule has 0 aliphatic carbocycles. The van der Waals surface area contributed by atoms with Crippen molar-refractivity contribution in [2.75, 3.05) is 0 Å². The molecule has 4 rings (SSSR count). The van der Waals surface area contributed by atoms with Gasteiger partial charge < -0.3 is 10.3 Å². The van der Waals surface area contributed by atoms with Crippen LogP contribution in [0.3, 0.4) is 0 Å². The number of carbonyl (C=O) groups excluding carboxylic acids is 1. The molecule has 0 saturated carbocycles. The van der Waals surface area contributed by atoms with Crippen molar-refractivity contribution in [3.05, 3.63) is 77.4 Å². The van der Waals surface area contributed by atoms with Crippen LogP contribution in [-0.2, 0) is 6.54 Å². The number of benzene rings is 2. The summed E-state index contributed by atoms with van der Waals surface area (Å²) in [5.74, 6) is -0.463. The van der Waals surface area contributed by atoms with E-state index in [1.165, 1.54) is 12.3 Å². The lowest BCUT2D eigenvalue weighted by Gasteiger charge is -2.04. The van der Waals surface area contributed by atoms with E-state index in [0.29, 0.717) is 17.8 Å². The summed E-state index contributed by atoms with van der Waals surface area (Å²) in [4.78, 5) is 15.3. The largest absolute Gasteiger partial charge is 0.354 e. The number of aromatic amines is 2. The van der Waals surface area contributed by atoms with E-state index in [0.717, 1.165) is 27.7 Å². The number of hydrogen-bond donors (Lipinski definition) is 3. The van der Waals surface area contributed by atoms with E-state index in [1.807, 2.05) is 31.2 Å². The van der Waals surface area contributed by atoms with Crippen molar-refractivity contribution in [2.45, 2.75) is 13.5 Å². The summed E-state index contributed by atoms with van der Waals surface area (Å²) in [5.41, 5.74) is 4.63. The average Bonchev–Trinajstić information content (AvgIpc) is 3.29. The zero-order valence-corrected chi connectivity index (χ0v) is 14.1. The Hall–Kier alpha value is -3.41. The van der Waals surface area contributed by atoms with Crippen molar-refractivity contribution in [3.63, 3.8) is 0 Å². The Morgan fingerprint density at radius 2 is 2.04 bits per heavy atom. The van der Waals surface area contributed by atoms with E-state index >= 15 is 0 Å². The molecule has 0 bridgehead atoms. The lowest BCUT2D eigenvalue weighted by Crippen LogP contribution is -2.23. The highest BCUT2D eigenvalue weighted by molar-refractivity contribution is 5.93. The number of nitrogens with zero attached hydrogens (tertiary/aromatic N) is 1. The lowest BCUT2D eigenvalue weighted by atomic mass is 10.0. The first-order valence-corrected chi connectivity index (χ1v) is 8.27. The number of H-pyrrole nitrogens is 2. The second-order valence-electron chi connectivity index (χ2n) is 6.14. The molecule has 3 N–H and O–H groups in total. The van der Waals surface area contributed by atoms with Gasteiger partial charge in [-0.3, -0.25) is 9.89 Å². The third kappa shape index (κ3) is 2.86. The molecule has 0 saturated heterocycles. The van der Waals surface area contributed by atoms with E-state index < -0.39 is 0 Å². The van der Waals surface area contributed by atoms with E-state index in [2.05, 4.69) is 20.5 Å². The van der Waals surface area contributed by atoms with Gasteiger partial charge in [-0.25, -0.2) is 4.39 Å². The van der Waals surface area contributed by atoms with Gasteiger partial charge in [0.1, 0.15) is 11.5 Å². The van der Waals surface area contributed by atoms with Gasteiger partial charge in [0.05, 0.1) is 5.69 Å². The van der Waals surface area contributed by atoms with Gasteiger partial charge in [-0.2, -0.15) is 5.10 Å². The molecule has 0 fully saturated rings. The zero-order valence-electron chi connectivity index (χ0n) is 14.1. The number of halogens is 1. The van der Waals surface area contributed by atoms with E-state index in [9.17, 15) is 9.18 Å². The smallest absolute Gasteiger partial charge is 0.269 e. The highest BCUT2D eigenvalue weighted by Crippen LogP contribution is 2.31. The van der Waals surface area contributed by atoms with Crippen molar-refractivity contribution >= 4 is 16.8 Å². The van der Waals surface area contributed by atoms with Crippen molar-refractivity contribution < 1.29 is 9.18 Å². The second-order valence-corrected chi connectivity index (χ2v) is 6.14. The van der Waals surface area contributed by atoms with Crippen LogP contribution in [0.15, 0.2) is 54.7 Å². The third-order valence-corrected chi connectivity index (χ3v) is 4.46. The summed E-state index contributed by atoms with van der Waals surface area (Å²) >= 11 is 0. The van der Waals surface area contributed by atoms with Crippen LogP contribution < -0.4 is 5.32 Å². The van der Waals surface area contributed by atoms with Crippen LogP contribution in [0, 0.1) is 12.7 Å². The molecule has 6 heteroatoms. The van der Waals surface area contributed by atoms with Crippen LogP contribution in [0.1, 0.15) is 21.6 Å². The molecule has 0 unspecified atom stereocenters. The Balaban J connectivity index is 1.62. The van der Waals surface area contributed by atoms with Gasteiger partial charge in [0, 0.05) is 29.2 Å². The highest BCUT2D eigenvalue weighted by Gasteiger charge is 2.13. The van der Waals surface area contributed by atoms with Gasteiger partial charge in [0.15, 0.2) is 0 Å². The third-order valence-electron chi connectivity index (χ3n) is 4.46. The first kappa shape index (κ1) is 16.1. The van der Waals surface area contributed by atoms with E-state index in [4.69, 9.17) is 0 Å². The average molecular weight is 348 g/mol. The summed E-state index contributed by atoms with van der Waals surface area (Å²) in [6.07, 6.45) is 1.54. The number of aryl methyl sites for hydroxylation is 1. The molecule has 0 spiro atoms. The van der Waals surface area contributed by atoms with Gasteiger partial charge >= 0.3 is 0 Å². The maximum Gasteiger partial charge on any atom is 0.269 e. The molecule has 2 aromatic carbocycles. The number of rotatable bonds is 4. The highest BCUT2D eigenvalue weighted by atomic mass is 19.1. The van der Waals surface area contributed by atoms with Crippen molar-refractivity contribution in [1.29, 1.82) is 0 Å². The number of nitrogens with one attached hydrogen (secondary N) is 3. The van der Waals surface area contributed by atoms with E-state index in [1.54, 1.807) is 18.2 Å². The number of hydrogen-bond acceptors (Lipinski definition) is 2. The molecule has 0 atom stereocenters. The molecule has 0 radical (unpaired) electrons. The first-order valence-electron chi connectivity index (χ1n) is 8.27. The van der Waals surface area contributed by atoms with Crippen LogP contribution in [0.4, 0.5) is 4.39 Å². The Morgan fingerprint density at radius 3 is 2.81 bits per heavy atom. The van der Waals surface area contributed by atoms with Crippen LogP contribution in [0.5, 0.6) is 0 Å². The fourth-order valence-electron chi connectivity index (χ4n) is 3.08. The molecule has 0 aliphatic heterocycles. The summed E-state index contributed by atoms with van der Waals surface area (Å²) < 4.78 is 14.1. The molecule has 5 nitrogen and oxygen atoms in total. The van der Waals surface area contributed by atoms with Crippen molar-refractivity contribution in [1.82, 2.24) is 20.5 Å². The maximum absolute atomic E-state index is 14.1. The molecule has 2 aromatic heterocycles. The summed E-state index contributed by atoms with van der Waals surface area (Å²) in [6, 6.07) is 14.2. The van der Waals surface area contributed by atoms with Crippen LogP contribution >= 0.6 is 0 Å². The van der Waals surface area contributed by atoms with Crippen molar-refractivity contribution in [2.24, 2.45) is 0 Å². The van der Waals surface area contributed by atoms with Gasteiger partial charge in [-0.15, -0.1) is 0 Å². The summed E-state index contributed by atoms with van der Waals surface area (Å²) in [5, 5.41) is 10.3. The monoisotopic (exact) mass is 348 g/mol. The zero-order chi connectivity index (χ0) is 18.1. The predicted molar refractivity (Wildman–Crippen MR) is 98.2 cm³/mol. The minimum absolute atomic E-state index is 0.208. The SMILES string of the molecule is Cc1c(-c2ccccc2F)[nH]c2ccc(CNC(=O)c3ccn[nH]3)cc12. The van der Waals surface area contributed by atoms with Crippen molar-refractivity contribution in [3.8, 4) is 11.3 Å². The quantitative estimate of drug-likeness (QED) is 0.523. The molecular weight excluding hydrogens is 331 g/mol. The van der Waals surface area contributed by atoms with Crippen LogP contribution in [-0.4, -0.2) is 21.1 Å². The van der Waals surface area contributed by atoms with E-state index in [-0.39, 0.29) is 11.7 Å². The molecule has 26 heavy (non-hydrogen) atoms. The molecular formula is C20H17FN4O. The standard InChI is InChI=1S/C20H17FN4O/c1-12-15-10-13(11-22-20(26)18-8-9-23-25-18)6-7-17(15)24-19(12)14-4-2-3-5-16(14)21/h2-10,24H,11H2,1H3,(H,22,26)(H,23,25). The van der Waals surface area contributed by atoms with Crippen LogP contribution in [0.25, 0.3) is 22.2 Å². The molecule has 4 aromatic rings. The second kappa shape index (κ2) is 6.48. The number of fused-ring (bicyclic) bond motifs is 1. The maximum atomic E-state index is 14.1. The Morgan fingerprint density at radius 1 is 1.19 bits per heavy atom. The molecule has 130 valence electrons. The molecule has 0 aliphatic rings. The Bertz CT molecular complexity index is 1080. The summed E-state index contributed by atoms with van der Waals surface area (Å²) in [7, 11) is 0. The van der Waals surface area contributed by atoms with Gasteiger partial charge in [0.2, 0.25) is 0 Å². The van der Waals surface area contributed by atoms with Crippen LogP contribution in [0.2, 0.25) is 0 Å². The van der Waals surface area contributed by atoms with Gasteiger partial charge in [-0.05, 0) is 48.4 Å². The first-order chi connectivity index (χ1) is 12.6. The number of amides is 1. The Labute approximate surface area is 149 Å². The van der Waals surface area contributed by atoms with Gasteiger partial charge in [0.25, 0.3) is 5.91 Å². The number of aromatic nitrogens is 3. The topological polar surface area (TPSA) is 73.6 Å². The molecule has 1 amide bonds. The molecule has 2 heterocycles. The fraction of sp³-hybridized carbons (Fsp3) is 0.100. The predicted octanol–water partition coefficient (Wildman–Crippen LogP) is 3.94. The minimum atomic E-state index is -0.255. The summed E-state index contributed by atoms with van der Waals surface area (Å²) in [6.45, 7) is 2.36. The number of carbonyl (C=O) groups is 1. The normalized spacial score (nSPS) is 11.0. The Kier molecular flexibility index (Phi) is 4.01. The lowest BCUT2D eigenvalue weighted by molar-refractivity contribution is 0.0946. The van der Waals surface area contributed by atoms with Gasteiger partial charge in [-0.1, -0.05) is 18.2 Å². The minimum Gasteiger partial charge on any atom is -0.354 e. The fourth-order valence-corrected chi connectivity index (χ4v) is 3.08.